The second kappa shape index (κ2) is 11.6. The van der Waals surface area contributed by atoms with Gasteiger partial charge in [-0.25, -0.2) is 0 Å². The molecular formula is C14H24N2. The zero-order chi connectivity index (χ0) is 13.0. The van der Waals surface area contributed by atoms with Crippen LogP contribution in [0.2, 0.25) is 0 Å². The Kier molecular flexibility index (Phi) is 12.3. The van der Waals surface area contributed by atoms with Crippen molar-refractivity contribution in [2.75, 3.05) is 0 Å². The molecule has 0 heterocycles. The zero-order valence-corrected chi connectivity index (χ0v) is 11.3. The topological polar surface area (TPSA) is 36.2 Å². The van der Waals surface area contributed by atoms with Crippen LogP contribution in [-0.4, -0.2) is 11.9 Å². The van der Waals surface area contributed by atoms with E-state index in [-0.39, 0.29) is 0 Å². The molecule has 0 saturated carbocycles. The van der Waals surface area contributed by atoms with E-state index in [1.165, 1.54) is 0 Å². The predicted molar refractivity (Wildman–Crippen MR) is 75.6 cm³/mol. The second-order valence-electron chi connectivity index (χ2n) is 2.63. The molecule has 0 unspecified atom stereocenters. The van der Waals surface area contributed by atoms with E-state index in [1.54, 1.807) is 18.5 Å². The van der Waals surface area contributed by atoms with Gasteiger partial charge in [-0.3, -0.25) is 4.99 Å². The molecule has 2 heteroatoms. The van der Waals surface area contributed by atoms with Crippen LogP contribution in [0.5, 0.6) is 0 Å². The molecule has 0 bridgehead atoms. The first-order valence-electron chi connectivity index (χ1n) is 5.87. The third kappa shape index (κ3) is 6.93. The van der Waals surface area contributed by atoms with Gasteiger partial charge < -0.3 is 5.41 Å². The Bertz CT molecular complexity index is 305. The van der Waals surface area contributed by atoms with Crippen LogP contribution in [0, 0.1) is 5.41 Å². The Morgan fingerprint density at radius 2 is 1.69 bits per heavy atom. The van der Waals surface area contributed by atoms with Gasteiger partial charge in [0.1, 0.15) is 0 Å². The molecule has 0 aliphatic heterocycles. The van der Waals surface area contributed by atoms with Gasteiger partial charge in [0.25, 0.3) is 0 Å². The Morgan fingerprint density at radius 3 is 2.19 bits per heavy atom. The second-order valence-corrected chi connectivity index (χ2v) is 2.63. The normalized spacial score (nSPS) is 16.2. The first kappa shape index (κ1) is 17.0. The van der Waals surface area contributed by atoms with Gasteiger partial charge in [0.05, 0.1) is 5.71 Å². The maximum Gasteiger partial charge on any atom is 0.0627 e. The molecule has 0 aromatic rings. The van der Waals surface area contributed by atoms with Gasteiger partial charge in [-0.2, -0.15) is 0 Å². The van der Waals surface area contributed by atoms with E-state index in [0.717, 1.165) is 11.1 Å². The van der Waals surface area contributed by atoms with Crippen LogP contribution in [0.3, 0.4) is 0 Å². The molecule has 0 atom stereocenters. The summed E-state index contributed by atoms with van der Waals surface area (Å²) >= 11 is 0. The summed E-state index contributed by atoms with van der Waals surface area (Å²) in [7, 11) is 0. The number of rotatable bonds is 1. The summed E-state index contributed by atoms with van der Waals surface area (Å²) in [6.45, 7) is 11.9. The van der Waals surface area contributed by atoms with E-state index in [9.17, 15) is 0 Å². The number of nitrogens with zero attached hydrogens (tertiary/aromatic N) is 1. The summed E-state index contributed by atoms with van der Waals surface area (Å²) in [6.07, 6.45) is 9.08. The van der Waals surface area contributed by atoms with Crippen molar-refractivity contribution in [2.24, 2.45) is 4.99 Å². The molecule has 1 aliphatic carbocycles. The summed E-state index contributed by atoms with van der Waals surface area (Å²) in [5, 5.41) is 7.54. The van der Waals surface area contributed by atoms with Crippen LogP contribution in [0.4, 0.5) is 0 Å². The number of aliphatic imine (C=N–C) groups is 1. The van der Waals surface area contributed by atoms with Crippen molar-refractivity contribution in [1.29, 1.82) is 5.41 Å². The highest BCUT2D eigenvalue weighted by molar-refractivity contribution is 6.09. The van der Waals surface area contributed by atoms with Gasteiger partial charge in [0, 0.05) is 18.0 Å². The molecule has 0 aromatic heterocycles. The van der Waals surface area contributed by atoms with Gasteiger partial charge >= 0.3 is 0 Å². The van der Waals surface area contributed by atoms with Gasteiger partial charge in [-0.1, -0.05) is 39.3 Å². The SMILES string of the molecule is CC.CC.CC=N/C=C1/C=C(C)C=CC1=N. The maximum atomic E-state index is 7.54. The number of hydrogen-bond acceptors (Lipinski definition) is 2. The highest BCUT2D eigenvalue weighted by Crippen LogP contribution is 2.12. The average Bonchev–Trinajstić information content (AvgIpc) is 2.35. The Hall–Kier alpha value is -1.44. The minimum absolute atomic E-state index is 0.520. The van der Waals surface area contributed by atoms with Crippen LogP contribution < -0.4 is 0 Å². The summed E-state index contributed by atoms with van der Waals surface area (Å²) in [4.78, 5) is 3.97. The lowest BCUT2D eigenvalue weighted by Crippen LogP contribution is -1.99. The molecule has 0 spiro atoms. The van der Waals surface area contributed by atoms with E-state index >= 15 is 0 Å². The van der Waals surface area contributed by atoms with Crippen LogP contribution in [0.15, 0.2) is 40.6 Å². The quantitative estimate of drug-likeness (QED) is 0.629. The first-order valence-corrected chi connectivity index (χ1v) is 5.87. The van der Waals surface area contributed by atoms with Crippen LogP contribution in [0.25, 0.3) is 0 Å². The van der Waals surface area contributed by atoms with Crippen molar-refractivity contribution in [2.45, 2.75) is 41.5 Å². The van der Waals surface area contributed by atoms with E-state index in [4.69, 9.17) is 5.41 Å². The van der Waals surface area contributed by atoms with E-state index < -0.39 is 0 Å². The summed E-state index contributed by atoms with van der Waals surface area (Å²) in [5.74, 6) is 0. The Balaban J connectivity index is 0. The monoisotopic (exact) mass is 220 g/mol. The third-order valence-electron chi connectivity index (χ3n) is 1.57. The minimum atomic E-state index is 0.520. The minimum Gasteiger partial charge on any atom is -0.300 e. The molecular weight excluding hydrogens is 196 g/mol. The zero-order valence-electron chi connectivity index (χ0n) is 11.3. The lowest BCUT2D eigenvalue weighted by molar-refractivity contribution is 1.41. The number of allylic oxidation sites excluding steroid dienone is 5. The molecule has 0 radical (unpaired) electrons. The van der Waals surface area contributed by atoms with Gasteiger partial charge in [0.15, 0.2) is 0 Å². The summed E-state index contributed by atoms with van der Waals surface area (Å²) < 4.78 is 0. The van der Waals surface area contributed by atoms with Crippen molar-refractivity contribution in [3.05, 3.63) is 35.6 Å². The fourth-order valence-electron chi connectivity index (χ4n) is 0.944. The molecule has 2 nitrogen and oxygen atoms in total. The van der Waals surface area contributed by atoms with Crippen molar-refractivity contribution in [1.82, 2.24) is 0 Å². The van der Waals surface area contributed by atoms with Gasteiger partial charge in [0.2, 0.25) is 0 Å². The average molecular weight is 220 g/mol. The molecule has 16 heavy (non-hydrogen) atoms. The van der Waals surface area contributed by atoms with Crippen LogP contribution in [0.1, 0.15) is 41.5 Å². The third-order valence-corrected chi connectivity index (χ3v) is 1.57. The fourth-order valence-corrected chi connectivity index (χ4v) is 0.944. The largest absolute Gasteiger partial charge is 0.300 e. The molecule has 1 aliphatic rings. The first-order chi connectivity index (χ1) is 7.74. The lowest BCUT2D eigenvalue weighted by atomic mass is 10.0. The fraction of sp³-hybridized carbons (Fsp3) is 0.429. The molecule has 0 amide bonds. The number of nitrogens with one attached hydrogen (secondary N) is 1. The summed E-state index contributed by atoms with van der Waals surface area (Å²) in [6, 6.07) is 0. The molecule has 1 rings (SSSR count). The Morgan fingerprint density at radius 1 is 1.12 bits per heavy atom. The smallest absolute Gasteiger partial charge is 0.0627 e. The highest BCUT2D eigenvalue weighted by atomic mass is 14.7. The van der Waals surface area contributed by atoms with Crippen LogP contribution >= 0.6 is 0 Å². The van der Waals surface area contributed by atoms with Crippen LogP contribution in [-0.2, 0) is 0 Å². The molecule has 0 saturated heterocycles. The molecule has 0 aromatic carbocycles. The predicted octanol–water partition coefficient (Wildman–Crippen LogP) is 4.55. The van der Waals surface area contributed by atoms with Crippen molar-refractivity contribution < 1.29 is 0 Å². The van der Waals surface area contributed by atoms with Gasteiger partial charge in [-0.05, 0) is 26.0 Å². The molecule has 90 valence electrons. The number of hydrogen-bond donors (Lipinski definition) is 1. The van der Waals surface area contributed by atoms with E-state index in [2.05, 4.69) is 4.99 Å². The Labute approximate surface area is 100 Å². The van der Waals surface area contributed by atoms with E-state index in [1.807, 2.05) is 53.7 Å². The standard InChI is InChI=1S/C10H12N2.2C2H6/c1-3-12-7-9-6-8(2)4-5-10(9)11;2*1-2/h3-7,11H,1-2H3;2*1-2H3/b9-7-,11-10?,12-3?;;. The maximum absolute atomic E-state index is 7.54. The van der Waals surface area contributed by atoms with Crippen molar-refractivity contribution >= 4 is 11.9 Å². The van der Waals surface area contributed by atoms with Crippen molar-refractivity contribution in [3.8, 4) is 0 Å². The lowest BCUT2D eigenvalue weighted by Gasteiger charge is -2.05. The van der Waals surface area contributed by atoms with Crippen molar-refractivity contribution in [3.63, 3.8) is 0 Å². The summed E-state index contributed by atoms with van der Waals surface area (Å²) in [5.41, 5.74) is 2.54. The molecule has 0 fully saturated rings. The molecule has 1 N–H and O–H groups in total. The highest BCUT2D eigenvalue weighted by Gasteiger charge is 2.02. The van der Waals surface area contributed by atoms with Gasteiger partial charge in [-0.15, -0.1) is 0 Å². The van der Waals surface area contributed by atoms with E-state index in [0.29, 0.717) is 5.71 Å².